The number of furan rings is 1. The highest BCUT2D eigenvalue weighted by atomic mass is 16.3. The molecule has 3 rings (SSSR count). The van der Waals surface area contributed by atoms with Crippen LogP contribution in [0.4, 0.5) is 4.79 Å². The van der Waals surface area contributed by atoms with Gasteiger partial charge in [0.1, 0.15) is 5.76 Å². The number of nitrogens with zero attached hydrogens (tertiary/aromatic N) is 1. The van der Waals surface area contributed by atoms with E-state index in [1.165, 1.54) is 0 Å². The van der Waals surface area contributed by atoms with Gasteiger partial charge in [-0.3, -0.25) is 4.79 Å². The predicted molar refractivity (Wildman–Crippen MR) is 103 cm³/mol. The van der Waals surface area contributed by atoms with Crippen LogP contribution in [0.25, 0.3) is 0 Å². The summed E-state index contributed by atoms with van der Waals surface area (Å²) in [6, 6.07) is 13.7. The second kappa shape index (κ2) is 8.75. The number of carbonyl (C=O) groups excluding carboxylic acids is 2. The van der Waals surface area contributed by atoms with E-state index in [9.17, 15) is 9.59 Å². The number of amides is 3. The highest BCUT2D eigenvalue weighted by Gasteiger charge is 2.34. The molecule has 1 fully saturated rings. The topological polar surface area (TPSA) is 74.6 Å². The van der Waals surface area contributed by atoms with Gasteiger partial charge < -0.3 is 20.0 Å². The first kappa shape index (κ1) is 19.0. The third-order valence-electron chi connectivity index (χ3n) is 4.81. The van der Waals surface area contributed by atoms with Crippen molar-refractivity contribution >= 4 is 11.9 Å². The number of hydrogen-bond donors (Lipinski definition) is 2. The van der Waals surface area contributed by atoms with Crippen molar-refractivity contribution in [3.05, 3.63) is 60.1 Å². The van der Waals surface area contributed by atoms with Crippen LogP contribution in [-0.4, -0.2) is 36.0 Å². The van der Waals surface area contributed by atoms with Gasteiger partial charge in [0, 0.05) is 25.0 Å². The number of nitrogens with one attached hydrogen (secondary N) is 2. The maximum atomic E-state index is 12.7. The van der Waals surface area contributed by atoms with Gasteiger partial charge in [-0.2, -0.15) is 0 Å². The molecule has 1 saturated heterocycles. The Morgan fingerprint density at radius 1 is 1.15 bits per heavy atom. The summed E-state index contributed by atoms with van der Waals surface area (Å²) < 4.78 is 5.28. The first-order valence-corrected chi connectivity index (χ1v) is 9.43. The van der Waals surface area contributed by atoms with Crippen LogP contribution in [0, 0.1) is 5.92 Å². The van der Waals surface area contributed by atoms with Crippen LogP contribution < -0.4 is 10.6 Å². The van der Waals surface area contributed by atoms with Crippen LogP contribution in [0.5, 0.6) is 0 Å². The van der Waals surface area contributed by atoms with Crippen molar-refractivity contribution in [1.82, 2.24) is 15.5 Å². The molecule has 0 radical (unpaired) electrons. The normalized spacial score (nSPS) is 19.7. The van der Waals surface area contributed by atoms with Gasteiger partial charge >= 0.3 is 6.03 Å². The van der Waals surface area contributed by atoms with E-state index < -0.39 is 0 Å². The molecule has 0 saturated carbocycles. The molecule has 1 aromatic heterocycles. The van der Waals surface area contributed by atoms with Gasteiger partial charge in [-0.1, -0.05) is 30.3 Å². The Kier molecular flexibility index (Phi) is 6.16. The predicted octanol–water partition coefficient (Wildman–Crippen LogP) is 3.12. The molecule has 27 heavy (non-hydrogen) atoms. The third kappa shape index (κ3) is 5.12. The molecule has 6 heteroatoms. The smallest absolute Gasteiger partial charge is 0.317 e. The standard InChI is InChI=1S/C21H27N3O3/c1-15(2)23-21(26)24-13-17(16-7-4-3-5-8-16)11-18(14-24)20(25)22-12-19-9-6-10-27-19/h3-10,15,17-18H,11-14H2,1-2H3,(H,22,25)(H,23,26)/t17-,18-/m0/s1. The van der Waals surface area contributed by atoms with Crippen molar-refractivity contribution in [1.29, 1.82) is 0 Å². The second-order valence-electron chi connectivity index (χ2n) is 7.35. The van der Waals surface area contributed by atoms with Crippen molar-refractivity contribution in [3.63, 3.8) is 0 Å². The first-order chi connectivity index (χ1) is 13.0. The summed E-state index contributed by atoms with van der Waals surface area (Å²) in [4.78, 5) is 27.1. The van der Waals surface area contributed by atoms with E-state index >= 15 is 0 Å². The second-order valence-corrected chi connectivity index (χ2v) is 7.35. The van der Waals surface area contributed by atoms with Gasteiger partial charge in [-0.15, -0.1) is 0 Å². The molecule has 1 aliphatic rings. The van der Waals surface area contributed by atoms with E-state index in [-0.39, 0.29) is 29.8 Å². The van der Waals surface area contributed by atoms with Gasteiger partial charge in [0.05, 0.1) is 18.7 Å². The first-order valence-electron chi connectivity index (χ1n) is 9.43. The van der Waals surface area contributed by atoms with E-state index in [0.29, 0.717) is 25.4 Å². The molecule has 2 N–H and O–H groups in total. The summed E-state index contributed by atoms with van der Waals surface area (Å²) >= 11 is 0. The number of benzene rings is 1. The fourth-order valence-electron chi connectivity index (χ4n) is 3.49. The molecule has 0 aliphatic carbocycles. The minimum absolute atomic E-state index is 0.0469. The van der Waals surface area contributed by atoms with Crippen LogP contribution in [0.15, 0.2) is 53.1 Å². The monoisotopic (exact) mass is 369 g/mol. The Balaban J connectivity index is 1.71. The van der Waals surface area contributed by atoms with Crippen LogP contribution in [-0.2, 0) is 11.3 Å². The molecule has 2 atom stereocenters. The van der Waals surface area contributed by atoms with Crippen molar-refractivity contribution in [2.24, 2.45) is 5.92 Å². The Bertz CT molecular complexity index is 743. The summed E-state index contributed by atoms with van der Waals surface area (Å²) in [5, 5.41) is 5.87. The largest absolute Gasteiger partial charge is 0.467 e. The SMILES string of the molecule is CC(C)NC(=O)N1C[C@@H](C(=O)NCc2ccco2)C[C@H](c2ccccc2)C1. The minimum atomic E-state index is -0.253. The highest BCUT2D eigenvalue weighted by molar-refractivity contribution is 5.81. The maximum Gasteiger partial charge on any atom is 0.317 e. The Morgan fingerprint density at radius 2 is 1.93 bits per heavy atom. The van der Waals surface area contributed by atoms with E-state index in [4.69, 9.17) is 4.42 Å². The molecule has 1 aliphatic heterocycles. The van der Waals surface area contributed by atoms with Gasteiger partial charge in [0.25, 0.3) is 0 Å². The van der Waals surface area contributed by atoms with Gasteiger partial charge in [-0.05, 0) is 38.0 Å². The lowest BCUT2D eigenvalue weighted by molar-refractivity contribution is -0.126. The third-order valence-corrected chi connectivity index (χ3v) is 4.81. The highest BCUT2D eigenvalue weighted by Crippen LogP contribution is 2.30. The molecule has 144 valence electrons. The minimum Gasteiger partial charge on any atom is -0.467 e. The number of hydrogen-bond acceptors (Lipinski definition) is 3. The maximum absolute atomic E-state index is 12.7. The molecule has 2 aromatic rings. The zero-order valence-corrected chi connectivity index (χ0v) is 15.9. The molecule has 0 unspecified atom stereocenters. The van der Waals surface area contributed by atoms with Crippen LogP contribution in [0.1, 0.15) is 37.5 Å². The van der Waals surface area contributed by atoms with Crippen LogP contribution in [0.2, 0.25) is 0 Å². The summed E-state index contributed by atoms with van der Waals surface area (Å²) in [5.41, 5.74) is 1.16. The zero-order chi connectivity index (χ0) is 19.2. The molecule has 0 spiro atoms. The van der Waals surface area contributed by atoms with Crippen molar-refractivity contribution in [2.75, 3.05) is 13.1 Å². The van der Waals surface area contributed by atoms with Crippen LogP contribution in [0.3, 0.4) is 0 Å². The summed E-state index contributed by atoms with van der Waals surface area (Å²) in [5.74, 6) is 0.552. The fourth-order valence-corrected chi connectivity index (χ4v) is 3.49. The molecule has 1 aromatic carbocycles. The van der Waals surface area contributed by atoms with E-state index in [1.807, 2.05) is 38.1 Å². The molecule has 2 heterocycles. The lowest BCUT2D eigenvalue weighted by Crippen LogP contribution is -2.52. The quantitative estimate of drug-likeness (QED) is 0.850. The van der Waals surface area contributed by atoms with E-state index in [1.54, 1.807) is 17.2 Å². The molecule has 3 amide bonds. The fraction of sp³-hybridized carbons (Fsp3) is 0.429. The molecular weight excluding hydrogens is 342 g/mol. The van der Waals surface area contributed by atoms with Crippen molar-refractivity contribution < 1.29 is 14.0 Å². The van der Waals surface area contributed by atoms with Crippen molar-refractivity contribution in [2.45, 2.75) is 38.8 Å². The molecule has 6 nitrogen and oxygen atoms in total. The van der Waals surface area contributed by atoms with Gasteiger partial charge in [-0.25, -0.2) is 4.79 Å². The van der Waals surface area contributed by atoms with Gasteiger partial charge in [0.2, 0.25) is 5.91 Å². The number of likely N-dealkylation sites (tertiary alicyclic amines) is 1. The zero-order valence-electron chi connectivity index (χ0n) is 15.9. The lowest BCUT2D eigenvalue weighted by Gasteiger charge is -2.37. The Labute approximate surface area is 159 Å². The Morgan fingerprint density at radius 3 is 2.59 bits per heavy atom. The average Bonchev–Trinajstić information content (AvgIpc) is 3.19. The van der Waals surface area contributed by atoms with E-state index in [0.717, 1.165) is 12.0 Å². The Hall–Kier alpha value is -2.76. The molecular formula is C21H27N3O3. The number of urea groups is 1. The van der Waals surface area contributed by atoms with E-state index in [2.05, 4.69) is 22.8 Å². The summed E-state index contributed by atoms with van der Waals surface area (Å²) in [6.45, 7) is 5.26. The molecule has 0 bridgehead atoms. The van der Waals surface area contributed by atoms with Crippen molar-refractivity contribution in [3.8, 4) is 0 Å². The van der Waals surface area contributed by atoms with Crippen LogP contribution >= 0.6 is 0 Å². The average molecular weight is 369 g/mol. The number of rotatable bonds is 5. The lowest BCUT2D eigenvalue weighted by atomic mass is 9.84. The van der Waals surface area contributed by atoms with Gasteiger partial charge in [0.15, 0.2) is 0 Å². The summed E-state index contributed by atoms with van der Waals surface area (Å²) in [6.07, 6.45) is 2.31. The number of carbonyl (C=O) groups is 2. The summed E-state index contributed by atoms with van der Waals surface area (Å²) in [7, 11) is 0. The number of piperidine rings is 1.